The Hall–Kier alpha value is -8.45. The monoisotopic (exact) mass is 1670 g/mol. The molecule has 101 heavy (non-hydrogen) atoms. The van der Waals surface area contributed by atoms with E-state index in [4.69, 9.17) is 45.4 Å². The van der Waals surface area contributed by atoms with E-state index < -0.39 is 40.1 Å². The summed E-state index contributed by atoms with van der Waals surface area (Å²) >= 11 is 14.5. The number of rotatable bonds is 23. The number of ether oxygens (including phenoxy) is 5. The maximum atomic E-state index is 11.3. The van der Waals surface area contributed by atoms with Gasteiger partial charge in [0.15, 0.2) is 11.5 Å². The summed E-state index contributed by atoms with van der Waals surface area (Å²) in [5.74, 6) is 5.86. The number of phenols is 1. The lowest BCUT2D eigenvalue weighted by atomic mass is 10.0. The minimum absolute atomic E-state index is 0.322. The Labute approximate surface area is 622 Å². The summed E-state index contributed by atoms with van der Waals surface area (Å²) in [5.41, 5.74) is 9.91. The number of sulfonamides is 4. The van der Waals surface area contributed by atoms with Gasteiger partial charge in [-0.3, -0.25) is 18.9 Å². The number of hydrogen-bond donors (Lipinski definition) is 6. The van der Waals surface area contributed by atoms with Gasteiger partial charge in [-0.2, -0.15) is 0 Å². The average Bonchev–Trinajstić information content (AvgIpc) is 0.861. The van der Waals surface area contributed by atoms with Gasteiger partial charge in [0.25, 0.3) is 0 Å². The highest BCUT2D eigenvalue weighted by Gasteiger charge is 2.11. The number of benzene rings is 10. The van der Waals surface area contributed by atoms with Gasteiger partial charge in [-0.25, -0.2) is 33.7 Å². The quantitative estimate of drug-likeness (QED) is 0.0256. The number of halogens is 4. The Balaban J connectivity index is 0.000000267. The molecule has 0 fully saturated rings. The summed E-state index contributed by atoms with van der Waals surface area (Å²) in [6, 6.07) is 73.7. The molecule has 0 amide bonds. The molecule has 10 aromatic rings. The van der Waals surface area contributed by atoms with Crippen molar-refractivity contribution < 1.29 is 72.1 Å². The van der Waals surface area contributed by atoms with Crippen LogP contribution in [0.3, 0.4) is 0 Å². The first-order chi connectivity index (χ1) is 48.0. The van der Waals surface area contributed by atoms with Crippen LogP contribution in [0, 0.1) is 0 Å². The highest BCUT2D eigenvalue weighted by Crippen LogP contribution is 2.34. The maximum Gasteiger partial charge on any atom is 0.569 e. The molecule has 1 radical (unpaired) electrons. The van der Waals surface area contributed by atoms with Crippen molar-refractivity contribution in [3.63, 3.8) is 0 Å². The van der Waals surface area contributed by atoms with Gasteiger partial charge < -0.3 is 38.5 Å². The molecule has 10 rings (SSSR count). The number of hydrogen-bond acceptors (Lipinski definition) is 16. The molecule has 0 aliphatic rings. The summed E-state index contributed by atoms with van der Waals surface area (Å²) in [6.45, 7) is 0. The van der Waals surface area contributed by atoms with E-state index in [2.05, 4.69) is 67.7 Å². The third kappa shape index (κ3) is 36.1. The van der Waals surface area contributed by atoms with Gasteiger partial charge in [0.2, 0.25) is 40.1 Å². The first-order valence-corrected chi connectivity index (χ1v) is 42.5. The molecule has 0 aliphatic carbocycles. The van der Waals surface area contributed by atoms with Gasteiger partial charge in [-0.1, -0.05) is 109 Å². The van der Waals surface area contributed by atoms with Crippen LogP contribution in [0.2, 0.25) is 0 Å². The lowest BCUT2D eigenvalue weighted by molar-refractivity contribution is 0.378. The summed E-state index contributed by atoms with van der Waals surface area (Å²) in [5, 5.41) is 16.9. The average molecular weight is 1670 g/mol. The number of para-hydroxylation sites is 2. The van der Waals surface area contributed by atoms with Crippen LogP contribution in [0.15, 0.2) is 247 Å². The molecule has 537 valence electrons. The van der Waals surface area contributed by atoms with Crippen molar-refractivity contribution in [3.05, 3.63) is 286 Å². The van der Waals surface area contributed by atoms with E-state index in [1.807, 2.05) is 158 Å². The second-order valence-electron chi connectivity index (χ2n) is 21.4. The molecule has 0 heterocycles. The number of aromatic hydroxyl groups is 1. The second-order valence-corrected chi connectivity index (χ2v) is 29.5. The van der Waals surface area contributed by atoms with Crippen LogP contribution < -0.4 is 47.2 Å². The fraction of sp³-hybridized carbons (Fsp3) is 0.167. The van der Waals surface area contributed by atoms with Crippen LogP contribution in [0.25, 0.3) is 0 Å². The van der Waals surface area contributed by atoms with Crippen molar-refractivity contribution in [3.8, 4) is 46.0 Å². The number of anilines is 4. The molecule has 0 aliphatic heterocycles. The molecule has 20 nitrogen and oxygen atoms in total. The molecule has 0 aromatic heterocycles. The van der Waals surface area contributed by atoms with Crippen LogP contribution in [-0.2, 0) is 65.2 Å². The molecule has 0 unspecified atom stereocenters. The standard InChI is InChI=1S/C21H21NO4S.C15H16BrNO3S.C15H17NO3S.C8H9ClO.C7H9BNO4S.C6H6O.Br2/c1-25-20-13-10-17(15-21(20)26-19-6-4-3-5-7-19)14-16-8-11-18(12-9-16)22-27(2,23)24;1-20-15-8-5-12(10-14(15)16)9-11-3-6-13(7-4-11)17-21(2,18)19;1-19-15-9-5-13(6-10-15)11-12-3-7-14(8-4-12)16-20(2,17)18;1-10-8-4-2-7(6-9)3-5-8;1-14(11,12)9-6-2-4-7(5-3-6)13-8-10;7-6-4-2-1-3-5-6;1-2/h3-13,15,22H,14H2,1-2H3;3-8,10,17H,9H2,1-2H3;3-10,16H,11H2,1-2H3;2-5H,6H2,1H3;2-5,9-10H,1H3;1-5,7H;. The Bertz CT molecular complexity index is 4520. The molecule has 29 heteroatoms. The van der Waals surface area contributed by atoms with Gasteiger partial charge in [0, 0.05) is 56.9 Å². The first-order valence-electron chi connectivity index (χ1n) is 29.9. The highest BCUT2D eigenvalue weighted by molar-refractivity contribution is 9.93. The zero-order chi connectivity index (χ0) is 74.4. The molecule has 0 bridgehead atoms. The van der Waals surface area contributed by atoms with E-state index >= 15 is 0 Å². The highest BCUT2D eigenvalue weighted by atomic mass is 80.9. The lowest BCUT2D eigenvalue weighted by Crippen LogP contribution is -2.09. The van der Waals surface area contributed by atoms with Crippen LogP contribution in [0.4, 0.5) is 22.7 Å². The third-order valence-electron chi connectivity index (χ3n) is 13.0. The summed E-state index contributed by atoms with van der Waals surface area (Å²) in [4.78, 5) is 0. The van der Waals surface area contributed by atoms with Gasteiger partial charge in [-0.15, -0.1) is 11.6 Å². The summed E-state index contributed by atoms with van der Waals surface area (Å²) in [7, 11) is -5.89. The predicted molar refractivity (Wildman–Crippen MR) is 418 cm³/mol. The molecule has 10 aromatic carbocycles. The minimum Gasteiger partial charge on any atom is -0.537 e. The SMILES string of the molecule is BrBr.COc1ccc(CCl)cc1.COc1ccc(Cc2ccc(NS(C)(=O)=O)cc2)cc1.COc1ccc(Cc2ccc(NS(C)(=O)=O)cc2)cc1Br.COc1ccc(Cc2ccc(NS(C)(=O)=O)cc2)cc1Oc1ccccc1.CS(=O)(=O)Nc1ccc(O[B]O)cc1.Oc1ccccc1. The smallest absolute Gasteiger partial charge is 0.537 e. The summed E-state index contributed by atoms with van der Waals surface area (Å²) < 4.78 is 131. The van der Waals surface area contributed by atoms with E-state index in [0.29, 0.717) is 65.7 Å². The second kappa shape index (κ2) is 44.0. The van der Waals surface area contributed by atoms with Gasteiger partial charge in [0.1, 0.15) is 34.5 Å². The van der Waals surface area contributed by atoms with Crippen molar-refractivity contribution in [2.45, 2.75) is 25.1 Å². The number of methoxy groups -OCH3 is 4. The minimum atomic E-state index is -3.27. The lowest BCUT2D eigenvalue weighted by Gasteiger charge is -2.12. The summed E-state index contributed by atoms with van der Waals surface area (Å²) in [6.07, 6.45) is 6.72. The zero-order valence-electron chi connectivity index (χ0n) is 56.3. The van der Waals surface area contributed by atoms with Crippen LogP contribution in [0.5, 0.6) is 46.0 Å². The Morgan fingerprint density at radius 3 is 0.990 bits per heavy atom. The van der Waals surface area contributed by atoms with Gasteiger partial charge >= 0.3 is 7.69 Å². The fourth-order valence-corrected chi connectivity index (χ4v) is 11.6. The number of phenolic OH excluding ortho intramolecular Hbond substituents is 1. The Morgan fingerprint density at radius 2 is 0.673 bits per heavy atom. The first kappa shape index (κ1) is 85.0. The van der Waals surface area contributed by atoms with Gasteiger partial charge in [-0.05, 0) is 208 Å². The van der Waals surface area contributed by atoms with E-state index in [9.17, 15) is 33.7 Å². The molecule has 0 spiro atoms. The molecular formula is C72H78BBr3ClN4O16S4. The van der Waals surface area contributed by atoms with E-state index in [1.54, 1.807) is 89.1 Å². The molecule has 6 N–H and O–H groups in total. The molecule has 0 saturated heterocycles. The van der Waals surface area contributed by atoms with Crippen LogP contribution >= 0.6 is 55.8 Å². The van der Waals surface area contributed by atoms with Gasteiger partial charge in [0.05, 0.1) is 57.9 Å². The van der Waals surface area contributed by atoms with Crippen LogP contribution in [0.1, 0.15) is 38.9 Å². The van der Waals surface area contributed by atoms with E-state index in [0.717, 1.165) is 98.7 Å². The van der Waals surface area contributed by atoms with Crippen LogP contribution in [-0.4, -0.2) is 105 Å². The van der Waals surface area contributed by atoms with Crippen molar-refractivity contribution in [2.24, 2.45) is 0 Å². The molecule has 0 saturated carbocycles. The van der Waals surface area contributed by atoms with Crippen molar-refractivity contribution in [1.29, 1.82) is 0 Å². The molecular weight excluding hydrogens is 1590 g/mol. The Kier molecular flexibility index (Phi) is 37.1. The normalized spacial score (nSPS) is 10.5. The van der Waals surface area contributed by atoms with Crippen molar-refractivity contribution in [1.82, 2.24) is 0 Å². The van der Waals surface area contributed by atoms with E-state index in [1.165, 1.54) is 29.8 Å². The zero-order valence-corrected chi connectivity index (χ0v) is 65.0. The van der Waals surface area contributed by atoms with Crippen molar-refractivity contribution in [2.75, 3.05) is 72.4 Å². The number of alkyl halides is 1. The topological polar surface area (TPSA) is 281 Å². The number of nitrogens with one attached hydrogen (secondary N) is 4. The Morgan fingerprint density at radius 1 is 0.366 bits per heavy atom. The maximum absolute atomic E-state index is 11.3. The predicted octanol–water partition coefficient (Wildman–Crippen LogP) is 16.0. The van der Waals surface area contributed by atoms with Crippen molar-refractivity contribution >= 4 is 126 Å². The third-order valence-corrected chi connectivity index (χ3v) is 16.3. The molecule has 0 atom stereocenters. The van der Waals surface area contributed by atoms with E-state index in [-0.39, 0.29) is 0 Å². The fourth-order valence-electron chi connectivity index (χ4n) is 8.53. The largest absolute Gasteiger partial charge is 0.569 e.